The lowest BCUT2D eigenvalue weighted by atomic mass is 10.0. The molecule has 0 aromatic rings. The van der Waals surface area contributed by atoms with Crippen LogP contribution in [0.4, 0.5) is 0 Å². The highest BCUT2D eigenvalue weighted by atomic mass is 16.5. The first kappa shape index (κ1) is 58.1. The lowest BCUT2D eigenvalue weighted by Crippen LogP contribution is -2.45. The predicted molar refractivity (Wildman–Crippen MR) is 259 cm³/mol. The highest BCUT2D eigenvalue weighted by Gasteiger charge is 2.20. The number of hydrogen-bond acceptors (Lipinski definition) is 5. The first-order valence-corrected chi connectivity index (χ1v) is 26.2. The van der Waals surface area contributed by atoms with E-state index in [1.807, 2.05) is 0 Å². The van der Waals surface area contributed by atoms with Crippen molar-refractivity contribution in [3.05, 3.63) is 36.5 Å². The summed E-state index contributed by atoms with van der Waals surface area (Å²) < 4.78 is 5.44. The van der Waals surface area contributed by atoms with Crippen molar-refractivity contribution in [2.75, 3.05) is 13.2 Å². The van der Waals surface area contributed by atoms with Crippen molar-refractivity contribution in [2.45, 2.75) is 283 Å². The van der Waals surface area contributed by atoms with Gasteiger partial charge in [0, 0.05) is 12.8 Å². The molecule has 6 heteroatoms. The lowest BCUT2D eigenvalue weighted by Gasteiger charge is -2.22. The van der Waals surface area contributed by atoms with Gasteiger partial charge in [0.1, 0.15) is 0 Å². The van der Waals surface area contributed by atoms with E-state index in [0.29, 0.717) is 25.9 Å². The maximum absolute atomic E-state index is 12.4. The monoisotopic (exact) mass is 844 g/mol. The van der Waals surface area contributed by atoms with E-state index in [-0.39, 0.29) is 18.5 Å². The van der Waals surface area contributed by atoms with Crippen LogP contribution in [0.5, 0.6) is 0 Å². The zero-order valence-electron chi connectivity index (χ0n) is 39.9. The Balaban J connectivity index is 3.51. The van der Waals surface area contributed by atoms with E-state index in [2.05, 4.69) is 55.6 Å². The molecule has 0 aliphatic heterocycles. The Morgan fingerprint density at radius 3 is 1.28 bits per heavy atom. The van der Waals surface area contributed by atoms with Crippen LogP contribution in [0.2, 0.25) is 0 Å². The highest BCUT2D eigenvalue weighted by Crippen LogP contribution is 2.15. The Hall–Kier alpha value is -1.92. The molecule has 0 saturated carbocycles. The van der Waals surface area contributed by atoms with Gasteiger partial charge in [0.05, 0.1) is 25.4 Å². The molecule has 0 aliphatic carbocycles. The normalized spacial score (nSPS) is 12.9. The minimum atomic E-state index is -0.674. The number of rotatable bonds is 48. The fourth-order valence-electron chi connectivity index (χ4n) is 7.84. The Morgan fingerprint density at radius 2 is 0.833 bits per heavy atom. The summed E-state index contributed by atoms with van der Waals surface area (Å²) in [6.07, 6.45) is 59.7. The molecule has 2 atom stereocenters. The van der Waals surface area contributed by atoms with Crippen molar-refractivity contribution in [1.82, 2.24) is 5.32 Å². The van der Waals surface area contributed by atoms with Crippen LogP contribution < -0.4 is 5.32 Å². The second kappa shape index (κ2) is 49.7. The van der Waals surface area contributed by atoms with E-state index >= 15 is 0 Å². The second-order valence-corrected chi connectivity index (χ2v) is 17.8. The molecule has 0 spiro atoms. The van der Waals surface area contributed by atoms with Crippen molar-refractivity contribution in [3.63, 3.8) is 0 Å². The van der Waals surface area contributed by atoms with Gasteiger partial charge in [-0.2, -0.15) is 0 Å². The number of carbonyl (C=O) groups excluding carboxylic acids is 2. The van der Waals surface area contributed by atoms with Gasteiger partial charge in [-0.05, 0) is 89.9 Å². The van der Waals surface area contributed by atoms with E-state index in [1.54, 1.807) is 0 Å². The van der Waals surface area contributed by atoms with Crippen LogP contribution in [-0.2, 0) is 14.3 Å². The van der Waals surface area contributed by atoms with Gasteiger partial charge in [-0.15, -0.1) is 0 Å². The highest BCUT2D eigenvalue weighted by molar-refractivity contribution is 5.76. The zero-order valence-corrected chi connectivity index (χ0v) is 39.9. The van der Waals surface area contributed by atoms with Gasteiger partial charge in [0.2, 0.25) is 5.91 Å². The SMILES string of the molecule is CCCCCCC/C=C\CCCCCCCC(=O)OCCCCC/C=C\C/C=C\CCCCCCCCCC(=O)NC(CO)C(O)CCCCCCCCCCCCCC. The second-order valence-electron chi connectivity index (χ2n) is 17.8. The van der Waals surface area contributed by atoms with Crippen molar-refractivity contribution < 1.29 is 24.5 Å². The van der Waals surface area contributed by atoms with E-state index in [1.165, 1.54) is 154 Å². The summed E-state index contributed by atoms with van der Waals surface area (Å²) in [5.41, 5.74) is 0. The third-order valence-electron chi connectivity index (χ3n) is 11.9. The first-order valence-electron chi connectivity index (χ1n) is 26.2. The van der Waals surface area contributed by atoms with Crippen molar-refractivity contribution in [1.29, 1.82) is 0 Å². The molecule has 0 bridgehead atoms. The number of aliphatic hydroxyl groups is 2. The van der Waals surface area contributed by atoms with E-state index in [4.69, 9.17) is 4.74 Å². The summed E-state index contributed by atoms with van der Waals surface area (Å²) in [5, 5.41) is 23.2. The van der Waals surface area contributed by atoms with Gasteiger partial charge in [-0.1, -0.05) is 204 Å². The summed E-state index contributed by atoms with van der Waals surface area (Å²) in [7, 11) is 0. The number of aliphatic hydroxyl groups excluding tert-OH is 2. The van der Waals surface area contributed by atoms with Crippen LogP contribution in [0.1, 0.15) is 271 Å². The molecule has 0 saturated heterocycles. The molecule has 352 valence electrons. The fourth-order valence-corrected chi connectivity index (χ4v) is 7.84. The molecule has 6 nitrogen and oxygen atoms in total. The van der Waals surface area contributed by atoms with Crippen molar-refractivity contribution in [2.24, 2.45) is 0 Å². The molecule has 0 fully saturated rings. The Labute approximate surface area is 373 Å². The first-order chi connectivity index (χ1) is 29.5. The lowest BCUT2D eigenvalue weighted by molar-refractivity contribution is -0.143. The summed E-state index contributed by atoms with van der Waals surface area (Å²) in [6, 6.07) is -0.553. The van der Waals surface area contributed by atoms with E-state index in [0.717, 1.165) is 83.5 Å². The molecule has 0 rings (SSSR count). The van der Waals surface area contributed by atoms with Crippen molar-refractivity contribution in [3.8, 4) is 0 Å². The summed E-state index contributed by atoms with van der Waals surface area (Å²) in [6.45, 7) is 4.88. The van der Waals surface area contributed by atoms with Crippen LogP contribution >= 0.6 is 0 Å². The summed E-state index contributed by atoms with van der Waals surface area (Å²) >= 11 is 0. The van der Waals surface area contributed by atoms with Crippen molar-refractivity contribution >= 4 is 11.9 Å². The molecule has 3 N–H and O–H groups in total. The third kappa shape index (κ3) is 45.6. The Kier molecular flexibility index (Phi) is 48.1. The molecular formula is C54H101NO5. The fraction of sp³-hybridized carbons (Fsp3) is 0.852. The van der Waals surface area contributed by atoms with Crippen LogP contribution in [-0.4, -0.2) is 47.4 Å². The minimum Gasteiger partial charge on any atom is -0.466 e. The molecule has 60 heavy (non-hydrogen) atoms. The predicted octanol–water partition coefficient (Wildman–Crippen LogP) is 15.7. The maximum atomic E-state index is 12.4. The van der Waals surface area contributed by atoms with Crippen LogP contribution in [0.25, 0.3) is 0 Å². The van der Waals surface area contributed by atoms with Crippen LogP contribution in [0.15, 0.2) is 36.5 Å². The van der Waals surface area contributed by atoms with Gasteiger partial charge >= 0.3 is 5.97 Å². The Morgan fingerprint density at radius 1 is 0.467 bits per heavy atom. The minimum absolute atomic E-state index is 0.0246. The van der Waals surface area contributed by atoms with Gasteiger partial charge < -0.3 is 20.3 Å². The summed E-state index contributed by atoms with van der Waals surface area (Å²) in [5.74, 6) is -0.0772. The zero-order chi connectivity index (χ0) is 43.7. The van der Waals surface area contributed by atoms with Crippen LogP contribution in [0.3, 0.4) is 0 Å². The number of ether oxygens (including phenoxy) is 1. The number of amides is 1. The van der Waals surface area contributed by atoms with Gasteiger partial charge in [-0.25, -0.2) is 0 Å². The van der Waals surface area contributed by atoms with E-state index < -0.39 is 12.1 Å². The molecule has 0 heterocycles. The molecule has 0 radical (unpaired) electrons. The largest absolute Gasteiger partial charge is 0.466 e. The number of carbonyl (C=O) groups is 2. The van der Waals surface area contributed by atoms with Crippen LogP contribution in [0, 0.1) is 0 Å². The topological polar surface area (TPSA) is 95.9 Å². The molecule has 0 aromatic carbocycles. The average molecular weight is 844 g/mol. The maximum Gasteiger partial charge on any atom is 0.305 e. The summed E-state index contributed by atoms with van der Waals surface area (Å²) in [4.78, 5) is 24.4. The van der Waals surface area contributed by atoms with E-state index in [9.17, 15) is 19.8 Å². The molecule has 0 aliphatic rings. The number of esters is 1. The number of unbranched alkanes of at least 4 members (excludes halogenated alkanes) is 31. The van der Waals surface area contributed by atoms with Gasteiger partial charge in [0.25, 0.3) is 0 Å². The average Bonchev–Trinajstić information content (AvgIpc) is 3.25. The number of allylic oxidation sites excluding steroid dienone is 6. The molecule has 1 amide bonds. The molecule has 0 aromatic heterocycles. The quantitative estimate of drug-likeness (QED) is 0.0322. The van der Waals surface area contributed by atoms with Gasteiger partial charge in [0.15, 0.2) is 0 Å². The Bertz CT molecular complexity index is 977. The number of nitrogens with one attached hydrogen (secondary N) is 1. The smallest absolute Gasteiger partial charge is 0.305 e. The number of hydrogen-bond donors (Lipinski definition) is 3. The molecule has 2 unspecified atom stereocenters. The third-order valence-corrected chi connectivity index (χ3v) is 11.9. The standard InChI is InChI=1S/C54H101NO5/c1-3-5-7-9-11-13-15-17-24-28-32-36-40-44-48-54(59)60-49-45-41-37-33-29-25-22-20-18-19-21-23-27-31-35-39-43-47-53(58)55-51(50-56)52(57)46-42-38-34-30-26-16-14-12-10-8-6-4-2/h15,17-18,20,25,29,51-52,56-57H,3-14,16,19,21-24,26-28,30-50H2,1-2H3,(H,55,58)/b17-15-,20-18-,29-25-. The van der Waals surface area contributed by atoms with Gasteiger partial charge in [-0.3, -0.25) is 9.59 Å². The molecular weight excluding hydrogens is 743 g/mol.